The summed E-state index contributed by atoms with van der Waals surface area (Å²) in [6.45, 7) is 7.89. The predicted molar refractivity (Wildman–Crippen MR) is 175 cm³/mol. The van der Waals surface area contributed by atoms with Crippen molar-refractivity contribution in [2.24, 2.45) is 5.92 Å². The number of nitrogens with two attached hydrogens (primary N) is 1. The molecule has 0 spiro atoms. The first-order valence-electron chi connectivity index (χ1n) is 15.6. The third-order valence-corrected chi connectivity index (χ3v) is 7.70. The number of ether oxygens (including phenoxy) is 1. The molecule has 0 saturated heterocycles. The van der Waals surface area contributed by atoms with Crippen LogP contribution in [0.2, 0.25) is 0 Å². The van der Waals surface area contributed by atoms with Crippen LogP contribution in [0.4, 0.5) is 21.9 Å². The van der Waals surface area contributed by atoms with E-state index in [9.17, 15) is 24.3 Å². The van der Waals surface area contributed by atoms with E-state index in [1.165, 1.54) is 0 Å². The van der Waals surface area contributed by atoms with E-state index in [1.54, 1.807) is 66.2 Å². The zero-order chi connectivity index (χ0) is 33.1. The van der Waals surface area contributed by atoms with E-state index < -0.39 is 12.1 Å². The average Bonchev–Trinajstić information content (AvgIpc) is 2.99. The number of urea groups is 1. The summed E-state index contributed by atoms with van der Waals surface area (Å²) >= 11 is 0. The second-order valence-electron chi connectivity index (χ2n) is 12.1. The van der Waals surface area contributed by atoms with Crippen molar-refractivity contribution in [2.75, 3.05) is 43.1 Å². The number of hydrogen-bond donors (Lipinski definition) is 5. The highest BCUT2D eigenvalue weighted by Gasteiger charge is 2.34. The van der Waals surface area contributed by atoms with Gasteiger partial charge in [-0.1, -0.05) is 25.5 Å². The monoisotopic (exact) mass is 624 g/mol. The smallest absolute Gasteiger partial charge is 0.317 e. The molecule has 2 aromatic rings. The molecular formula is C33H48N6O6. The van der Waals surface area contributed by atoms with Crippen molar-refractivity contribution in [3.05, 3.63) is 48.0 Å². The number of hydrogen-bond acceptors (Lipinski definition) is 7. The number of carbonyl (C=O) groups excluding carboxylic acids is 4. The van der Waals surface area contributed by atoms with E-state index in [4.69, 9.17) is 10.5 Å². The highest BCUT2D eigenvalue weighted by Crippen LogP contribution is 2.31. The van der Waals surface area contributed by atoms with Crippen molar-refractivity contribution in [1.82, 2.24) is 15.1 Å². The molecule has 3 atom stereocenters. The van der Waals surface area contributed by atoms with Gasteiger partial charge >= 0.3 is 6.03 Å². The molecule has 0 saturated carbocycles. The second kappa shape index (κ2) is 16.7. The minimum atomic E-state index is -0.445. The van der Waals surface area contributed by atoms with Gasteiger partial charge in [-0.05, 0) is 63.9 Å². The maximum absolute atomic E-state index is 13.7. The van der Waals surface area contributed by atoms with Crippen LogP contribution in [-0.2, 0) is 9.59 Å². The van der Waals surface area contributed by atoms with Crippen LogP contribution < -0.4 is 26.4 Å². The van der Waals surface area contributed by atoms with Crippen LogP contribution >= 0.6 is 0 Å². The van der Waals surface area contributed by atoms with Crippen LogP contribution in [0.5, 0.6) is 5.75 Å². The second-order valence-corrected chi connectivity index (χ2v) is 12.1. The number of likely N-dealkylation sites (N-methyl/N-ethyl adjacent to an activating group) is 1. The number of nitrogens with one attached hydrogen (secondary N) is 3. The van der Waals surface area contributed by atoms with E-state index in [0.717, 1.165) is 0 Å². The Labute approximate surface area is 265 Å². The first-order valence-corrected chi connectivity index (χ1v) is 15.6. The van der Waals surface area contributed by atoms with Gasteiger partial charge in [-0.25, -0.2) is 4.79 Å². The minimum absolute atomic E-state index is 0.0183. The van der Waals surface area contributed by atoms with Gasteiger partial charge in [-0.3, -0.25) is 14.4 Å². The van der Waals surface area contributed by atoms with Gasteiger partial charge < -0.3 is 41.3 Å². The van der Waals surface area contributed by atoms with Crippen LogP contribution in [-0.4, -0.2) is 83.6 Å². The lowest BCUT2D eigenvalue weighted by Gasteiger charge is -2.38. The van der Waals surface area contributed by atoms with Crippen molar-refractivity contribution in [3.63, 3.8) is 0 Å². The molecule has 1 aliphatic heterocycles. The SMILES string of the molecule is CC(C)NC(=O)N(C)C[C@H]1Oc2ccc(NC(=O)CCCCCC(=O)Nc3ccccc3N)cc2C(=O)N([C@H](C)CO)C[C@H]1C. The number of carbonyl (C=O) groups is 4. The van der Waals surface area contributed by atoms with Gasteiger partial charge in [0.25, 0.3) is 5.91 Å². The number of nitrogen functional groups attached to an aromatic ring is 1. The Hall–Kier alpha value is -4.32. The molecule has 3 rings (SSSR count). The summed E-state index contributed by atoms with van der Waals surface area (Å²) in [5.74, 6) is -0.447. The molecule has 0 unspecified atom stereocenters. The van der Waals surface area contributed by atoms with E-state index in [1.807, 2.05) is 20.8 Å². The number of unbranched alkanes of at least 4 members (excludes halogenated alkanes) is 2. The Morgan fingerprint density at radius 3 is 2.36 bits per heavy atom. The van der Waals surface area contributed by atoms with E-state index in [0.29, 0.717) is 55.0 Å². The number of para-hydroxylation sites is 2. The number of nitrogens with zero attached hydrogens (tertiary/aromatic N) is 2. The third-order valence-electron chi connectivity index (χ3n) is 7.70. The van der Waals surface area contributed by atoms with Crippen molar-refractivity contribution in [2.45, 2.75) is 78.0 Å². The Kier molecular flexibility index (Phi) is 13.0. The molecule has 12 nitrogen and oxygen atoms in total. The fourth-order valence-electron chi connectivity index (χ4n) is 5.02. The Morgan fingerprint density at radius 2 is 1.71 bits per heavy atom. The molecule has 1 aliphatic rings. The van der Waals surface area contributed by atoms with Gasteiger partial charge in [0.1, 0.15) is 11.9 Å². The average molecular weight is 625 g/mol. The molecule has 246 valence electrons. The summed E-state index contributed by atoms with van der Waals surface area (Å²) in [5.41, 5.74) is 7.68. The lowest BCUT2D eigenvalue weighted by molar-refractivity contribution is -0.116. The summed E-state index contributed by atoms with van der Waals surface area (Å²) in [4.78, 5) is 54.4. The Morgan fingerprint density at radius 1 is 1.04 bits per heavy atom. The molecule has 5 amide bonds. The lowest BCUT2D eigenvalue weighted by atomic mass is 9.99. The van der Waals surface area contributed by atoms with E-state index in [-0.39, 0.29) is 60.8 Å². The number of amides is 5. The van der Waals surface area contributed by atoms with Crippen molar-refractivity contribution in [1.29, 1.82) is 0 Å². The van der Waals surface area contributed by atoms with Gasteiger partial charge in [0, 0.05) is 44.1 Å². The van der Waals surface area contributed by atoms with Crippen LogP contribution in [0.15, 0.2) is 42.5 Å². The summed E-state index contributed by atoms with van der Waals surface area (Å²) in [7, 11) is 1.70. The number of fused-ring (bicyclic) bond motifs is 1. The van der Waals surface area contributed by atoms with Gasteiger partial charge in [0.05, 0.1) is 36.1 Å². The van der Waals surface area contributed by atoms with Crippen molar-refractivity contribution < 1.29 is 29.0 Å². The summed E-state index contributed by atoms with van der Waals surface area (Å²) in [6, 6.07) is 11.3. The van der Waals surface area contributed by atoms with Crippen LogP contribution in [0.1, 0.15) is 70.2 Å². The molecule has 0 aliphatic carbocycles. The van der Waals surface area contributed by atoms with E-state index >= 15 is 0 Å². The molecular weight excluding hydrogens is 576 g/mol. The van der Waals surface area contributed by atoms with Gasteiger partial charge in [-0.15, -0.1) is 0 Å². The number of aliphatic hydroxyl groups excluding tert-OH is 1. The largest absolute Gasteiger partial charge is 0.487 e. The maximum Gasteiger partial charge on any atom is 0.317 e. The van der Waals surface area contributed by atoms with Crippen molar-refractivity contribution >= 4 is 40.8 Å². The molecule has 2 aromatic carbocycles. The normalized spacial score (nSPS) is 17.0. The quantitative estimate of drug-likeness (QED) is 0.165. The highest BCUT2D eigenvalue weighted by atomic mass is 16.5. The lowest BCUT2D eigenvalue weighted by Crippen LogP contribution is -2.51. The van der Waals surface area contributed by atoms with Crippen molar-refractivity contribution in [3.8, 4) is 5.75 Å². The molecule has 0 bridgehead atoms. The Bertz CT molecular complexity index is 1330. The number of aliphatic hydroxyl groups is 1. The van der Waals surface area contributed by atoms with Gasteiger partial charge in [-0.2, -0.15) is 0 Å². The minimum Gasteiger partial charge on any atom is -0.487 e. The van der Waals surface area contributed by atoms with Crippen LogP contribution in [0.3, 0.4) is 0 Å². The fraction of sp³-hybridized carbons (Fsp3) is 0.515. The number of rotatable bonds is 13. The third kappa shape index (κ3) is 10.4. The molecule has 45 heavy (non-hydrogen) atoms. The molecule has 12 heteroatoms. The van der Waals surface area contributed by atoms with E-state index in [2.05, 4.69) is 16.0 Å². The van der Waals surface area contributed by atoms with Gasteiger partial charge in [0.2, 0.25) is 11.8 Å². The first-order chi connectivity index (χ1) is 21.4. The zero-order valence-corrected chi connectivity index (χ0v) is 27.0. The molecule has 0 aromatic heterocycles. The summed E-state index contributed by atoms with van der Waals surface area (Å²) < 4.78 is 6.34. The Balaban J connectivity index is 1.62. The summed E-state index contributed by atoms with van der Waals surface area (Å²) in [6.07, 6.45) is 2.07. The molecule has 0 fully saturated rings. The van der Waals surface area contributed by atoms with Gasteiger partial charge in [0.15, 0.2) is 0 Å². The maximum atomic E-state index is 13.7. The predicted octanol–water partition coefficient (Wildman–Crippen LogP) is 4.07. The van der Waals surface area contributed by atoms with Crippen LogP contribution in [0, 0.1) is 5.92 Å². The molecule has 1 heterocycles. The number of anilines is 3. The van der Waals surface area contributed by atoms with Crippen LogP contribution in [0.25, 0.3) is 0 Å². The zero-order valence-electron chi connectivity index (χ0n) is 27.0. The first kappa shape index (κ1) is 35.2. The fourth-order valence-corrected chi connectivity index (χ4v) is 5.02. The summed E-state index contributed by atoms with van der Waals surface area (Å²) in [5, 5.41) is 18.4. The topological polar surface area (TPSA) is 166 Å². The standard InChI is InChI=1S/C33H48N6O6/c1-21(2)35-33(44)38(5)19-29-22(3)18-39(23(4)20-40)32(43)25-17-24(15-16-28(25)45-29)36-30(41)13-7-6-8-14-31(42)37-27-12-10-9-11-26(27)34/h9-12,15-17,21-23,29,40H,6-8,13-14,18-20,34H2,1-5H3,(H,35,44)(H,36,41)(H,37,42)/t22-,23-,29-/m1/s1. The molecule has 0 radical (unpaired) electrons. The number of benzene rings is 2. The molecule has 6 N–H and O–H groups in total. The highest BCUT2D eigenvalue weighted by molar-refractivity contribution is 6.00.